The van der Waals surface area contributed by atoms with Crippen molar-refractivity contribution >= 4 is 21.6 Å². The lowest BCUT2D eigenvalue weighted by Gasteiger charge is -2.24. The molecule has 2 aromatic carbocycles. The molecule has 1 heterocycles. The summed E-state index contributed by atoms with van der Waals surface area (Å²) in [4.78, 5) is 18.5. The van der Waals surface area contributed by atoms with Gasteiger partial charge in [0.05, 0.1) is 25.1 Å². The maximum Gasteiger partial charge on any atom is 0.246 e. The van der Waals surface area contributed by atoms with E-state index in [0.29, 0.717) is 30.4 Å². The molecule has 0 aliphatic heterocycles. The lowest BCUT2D eigenvalue weighted by Crippen LogP contribution is -2.33. The van der Waals surface area contributed by atoms with Crippen molar-refractivity contribution in [2.45, 2.75) is 33.2 Å². The van der Waals surface area contributed by atoms with Crippen molar-refractivity contribution in [3.8, 4) is 17.1 Å². The molecule has 1 amide bonds. The molecule has 0 bridgehead atoms. The quantitative estimate of drug-likeness (QED) is 0.407. The van der Waals surface area contributed by atoms with Gasteiger partial charge in [-0.1, -0.05) is 23.4 Å². The second kappa shape index (κ2) is 11.1. The normalized spacial score (nSPS) is 11.3. The molecule has 182 valence electrons. The number of aromatic nitrogens is 2. The molecule has 10 heteroatoms. The molecule has 3 rings (SSSR count). The van der Waals surface area contributed by atoms with Crippen LogP contribution in [0.5, 0.6) is 5.75 Å². The van der Waals surface area contributed by atoms with E-state index in [1.165, 1.54) is 15.5 Å². The zero-order valence-electron chi connectivity index (χ0n) is 19.9. The van der Waals surface area contributed by atoms with E-state index in [1.54, 1.807) is 19.2 Å². The Balaban J connectivity index is 1.55. The Labute approximate surface area is 200 Å². The van der Waals surface area contributed by atoms with Gasteiger partial charge in [-0.2, -0.15) is 4.98 Å². The number of amides is 1. The fourth-order valence-electron chi connectivity index (χ4n) is 3.47. The van der Waals surface area contributed by atoms with Crippen LogP contribution in [0, 0.1) is 6.92 Å². The van der Waals surface area contributed by atoms with Crippen molar-refractivity contribution in [3.05, 3.63) is 60.0 Å². The Morgan fingerprint density at radius 1 is 1.12 bits per heavy atom. The van der Waals surface area contributed by atoms with Crippen LogP contribution in [0.3, 0.4) is 0 Å². The zero-order valence-corrected chi connectivity index (χ0v) is 20.7. The molecule has 0 saturated carbocycles. The van der Waals surface area contributed by atoms with Gasteiger partial charge in [-0.05, 0) is 56.2 Å². The van der Waals surface area contributed by atoms with Crippen LogP contribution in [0.25, 0.3) is 11.4 Å². The third-order valence-electron chi connectivity index (χ3n) is 5.23. The Morgan fingerprint density at radius 3 is 2.47 bits per heavy atom. The number of hydrogen-bond donors (Lipinski definition) is 0. The minimum atomic E-state index is -3.47. The first-order valence-corrected chi connectivity index (χ1v) is 12.9. The number of ether oxygens (including phenoxy) is 1. The van der Waals surface area contributed by atoms with Gasteiger partial charge in [0, 0.05) is 25.6 Å². The molecule has 34 heavy (non-hydrogen) atoms. The summed E-state index contributed by atoms with van der Waals surface area (Å²) in [5.41, 5.74) is 2.26. The van der Waals surface area contributed by atoms with E-state index < -0.39 is 10.0 Å². The topological polar surface area (TPSA) is 106 Å². The molecule has 0 saturated heterocycles. The van der Waals surface area contributed by atoms with Crippen LogP contribution in [0.15, 0.2) is 53.1 Å². The minimum Gasteiger partial charge on any atom is -0.494 e. The van der Waals surface area contributed by atoms with Gasteiger partial charge >= 0.3 is 0 Å². The van der Waals surface area contributed by atoms with E-state index >= 15 is 0 Å². The largest absolute Gasteiger partial charge is 0.494 e. The van der Waals surface area contributed by atoms with Crippen molar-refractivity contribution in [2.75, 3.05) is 30.8 Å². The number of anilines is 1. The third kappa shape index (κ3) is 6.57. The van der Waals surface area contributed by atoms with E-state index in [4.69, 9.17) is 9.26 Å². The maximum atomic E-state index is 12.6. The molecule has 3 aromatic rings. The highest BCUT2D eigenvalue weighted by Gasteiger charge is 2.20. The average molecular weight is 487 g/mol. The van der Waals surface area contributed by atoms with Gasteiger partial charge in [-0.3, -0.25) is 9.10 Å². The standard InChI is InChI=1S/C24H30N4O5S/c1-5-32-20-14-12-19(13-15-20)24-25-22(33-26-24)17-27(3)23(29)11-8-16-28(34(4,30)31)21-10-7-6-9-18(21)2/h6-7,9-10,12-15H,5,8,11,16-17H2,1-4H3. The second-order valence-electron chi connectivity index (χ2n) is 7.94. The first-order valence-electron chi connectivity index (χ1n) is 11.0. The van der Waals surface area contributed by atoms with Crippen LogP contribution in [0.1, 0.15) is 31.2 Å². The van der Waals surface area contributed by atoms with E-state index in [-0.39, 0.29) is 25.4 Å². The molecule has 0 N–H and O–H groups in total. The highest BCUT2D eigenvalue weighted by Crippen LogP contribution is 2.23. The summed E-state index contributed by atoms with van der Waals surface area (Å²) in [6, 6.07) is 14.6. The number of para-hydroxylation sites is 1. The van der Waals surface area contributed by atoms with Crippen molar-refractivity contribution in [1.82, 2.24) is 15.0 Å². The maximum absolute atomic E-state index is 12.6. The summed E-state index contributed by atoms with van der Waals surface area (Å²) in [6.45, 7) is 4.74. The van der Waals surface area contributed by atoms with Gasteiger partial charge in [-0.15, -0.1) is 0 Å². The molecule has 0 atom stereocenters. The zero-order chi connectivity index (χ0) is 24.7. The van der Waals surface area contributed by atoms with Gasteiger partial charge < -0.3 is 14.2 Å². The molecule has 0 fully saturated rings. The molecule has 9 nitrogen and oxygen atoms in total. The molecule has 0 aliphatic carbocycles. The number of rotatable bonds is 11. The van der Waals surface area contributed by atoms with Gasteiger partial charge in [0.15, 0.2) is 0 Å². The molecular formula is C24H30N4O5S. The highest BCUT2D eigenvalue weighted by molar-refractivity contribution is 7.92. The van der Waals surface area contributed by atoms with Crippen molar-refractivity contribution in [2.24, 2.45) is 0 Å². The lowest BCUT2D eigenvalue weighted by molar-refractivity contribution is -0.130. The predicted octanol–water partition coefficient (Wildman–Crippen LogP) is 3.65. The van der Waals surface area contributed by atoms with Gasteiger partial charge in [0.1, 0.15) is 5.75 Å². The summed E-state index contributed by atoms with van der Waals surface area (Å²) in [5.74, 6) is 1.37. The van der Waals surface area contributed by atoms with E-state index in [0.717, 1.165) is 16.9 Å². The smallest absolute Gasteiger partial charge is 0.246 e. The third-order valence-corrected chi connectivity index (χ3v) is 6.41. The molecule has 0 aliphatic rings. The van der Waals surface area contributed by atoms with Crippen molar-refractivity contribution < 1.29 is 22.5 Å². The van der Waals surface area contributed by atoms with Gasteiger partial charge in [-0.25, -0.2) is 8.42 Å². The second-order valence-corrected chi connectivity index (χ2v) is 9.85. The summed E-state index contributed by atoms with van der Waals surface area (Å²) in [6.07, 6.45) is 1.74. The number of carbonyl (C=O) groups excluding carboxylic acids is 1. The number of nitrogens with zero attached hydrogens (tertiary/aromatic N) is 4. The lowest BCUT2D eigenvalue weighted by atomic mass is 10.2. The summed E-state index contributed by atoms with van der Waals surface area (Å²) < 4.78 is 36.7. The molecule has 1 aromatic heterocycles. The van der Waals surface area contributed by atoms with Crippen LogP contribution < -0.4 is 9.04 Å². The fourth-order valence-corrected chi connectivity index (χ4v) is 4.49. The first-order chi connectivity index (χ1) is 16.2. The molecule has 0 spiro atoms. The Kier molecular flexibility index (Phi) is 8.27. The highest BCUT2D eigenvalue weighted by atomic mass is 32.2. The van der Waals surface area contributed by atoms with E-state index in [1.807, 2.05) is 50.2 Å². The number of aryl methyl sites for hydroxylation is 1. The van der Waals surface area contributed by atoms with Gasteiger partial charge in [0.2, 0.25) is 27.6 Å². The van der Waals surface area contributed by atoms with Crippen molar-refractivity contribution in [1.29, 1.82) is 0 Å². The summed E-state index contributed by atoms with van der Waals surface area (Å²) in [7, 11) is -1.82. The molecule has 0 unspecified atom stereocenters. The average Bonchev–Trinajstić information content (AvgIpc) is 3.25. The predicted molar refractivity (Wildman–Crippen MR) is 130 cm³/mol. The first kappa shape index (κ1) is 25.2. The molecular weight excluding hydrogens is 456 g/mol. The van der Waals surface area contributed by atoms with Crippen molar-refractivity contribution in [3.63, 3.8) is 0 Å². The SMILES string of the molecule is CCOc1ccc(-c2noc(CN(C)C(=O)CCCN(c3ccccc3C)S(C)(=O)=O)n2)cc1. The molecule has 0 radical (unpaired) electrons. The minimum absolute atomic E-state index is 0.140. The van der Waals surface area contributed by atoms with Crippen LogP contribution in [0.4, 0.5) is 5.69 Å². The number of hydrogen-bond acceptors (Lipinski definition) is 7. The number of sulfonamides is 1. The fraction of sp³-hybridized carbons (Fsp3) is 0.375. The van der Waals surface area contributed by atoms with Crippen LogP contribution in [0.2, 0.25) is 0 Å². The van der Waals surface area contributed by atoms with Crippen LogP contribution >= 0.6 is 0 Å². The van der Waals surface area contributed by atoms with Crippen LogP contribution in [-0.2, 0) is 21.4 Å². The Hall–Kier alpha value is -3.40. The Bertz CT molecular complexity index is 1210. The monoisotopic (exact) mass is 486 g/mol. The van der Waals surface area contributed by atoms with Crippen LogP contribution in [-0.4, -0.2) is 55.8 Å². The Morgan fingerprint density at radius 2 is 1.82 bits per heavy atom. The van der Waals surface area contributed by atoms with E-state index in [9.17, 15) is 13.2 Å². The summed E-state index contributed by atoms with van der Waals surface area (Å²) in [5, 5.41) is 3.99. The number of carbonyl (C=O) groups is 1. The van der Waals surface area contributed by atoms with E-state index in [2.05, 4.69) is 10.1 Å². The summed E-state index contributed by atoms with van der Waals surface area (Å²) >= 11 is 0. The van der Waals surface area contributed by atoms with Gasteiger partial charge in [0.25, 0.3) is 0 Å². The number of benzene rings is 2.